The highest BCUT2D eigenvalue weighted by molar-refractivity contribution is 5.76. The predicted molar refractivity (Wildman–Crippen MR) is 118 cm³/mol. The number of nitro groups is 1. The molecule has 2 aromatic heterocycles. The Bertz CT molecular complexity index is 1160. The van der Waals surface area contributed by atoms with Gasteiger partial charge in [-0.1, -0.05) is 31.4 Å². The largest absolute Gasteiger partial charge is 0.354 e. The van der Waals surface area contributed by atoms with E-state index in [1.54, 1.807) is 16.8 Å². The molecule has 1 aliphatic carbocycles. The number of benzene rings is 1. The van der Waals surface area contributed by atoms with E-state index in [9.17, 15) is 19.7 Å². The molecular weight excluding hydrogens is 412 g/mol. The van der Waals surface area contributed by atoms with Gasteiger partial charge in [0.1, 0.15) is 11.7 Å². The number of hydrogen-bond acceptors (Lipinski definition) is 6. The Balaban J connectivity index is 1.37. The molecule has 1 aliphatic rings. The molecule has 10 heteroatoms. The van der Waals surface area contributed by atoms with Crippen LogP contribution in [0.25, 0.3) is 11.0 Å². The highest BCUT2D eigenvalue weighted by Gasteiger charge is 2.17. The number of fused-ring (bicyclic) bond motifs is 1. The van der Waals surface area contributed by atoms with Crippen LogP contribution in [0, 0.1) is 16.0 Å². The molecule has 0 spiro atoms. The van der Waals surface area contributed by atoms with Gasteiger partial charge in [0.05, 0.1) is 24.2 Å². The van der Waals surface area contributed by atoms with Crippen LogP contribution < -0.4 is 10.9 Å². The first-order valence-corrected chi connectivity index (χ1v) is 10.9. The molecule has 4 rings (SSSR count). The minimum Gasteiger partial charge on any atom is -0.354 e. The minimum atomic E-state index is -0.462. The summed E-state index contributed by atoms with van der Waals surface area (Å²) in [4.78, 5) is 39.7. The number of non-ortho nitro benzene ring substituents is 1. The monoisotopic (exact) mass is 438 g/mol. The number of amides is 1. The molecule has 0 saturated heterocycles. The van der Waals surface area contributed by atoms with Crippen molar-refractivity contribution in [1.82, 2.24) is 24.6 Å². The van der Waals surface area contributed by atoms with Crippen molar-refractivity contribution < 1.29 is 9.72 Å². The summed E-state index contributed by atoms with van der Waals surface area (Å²) in [5.74, 6) is 0.553. The molecule has 2 heterocycles. The van der Waals surface area contributed by atoms with E-state index in [0.717, 1.165) is 18.4 Å². The standard InChI is InChI=1S/C22H26N6O4/c29-20(12-16-4-2-1-3-5-16)23-10-11-27-21-19(13-25-27)22(30)26(15-24-21)14-17-6-8-18(9-7-17)28(31)32/h6-9,13,15-16H,1-5,10-12,14H2,(H,23,29). The molecule has 1 N–H and O–H groups in total. The van der Waals surface area contributed by atoms with Crippen LogP contribution in [0.5, 0.6) is 0 Å². The fraction of sp³-hybridized carbons (Fsp3) is 0.455. The van der Waals surface area contributed by atoms with E-state index >= 15 is 0 Å². The normalized spacial score (nSPS) is 14.5. The van der Waals surface area contributed by atoms with Crippen molar-refractivity contribution in [2.24, 2.45) is 5.92 Å². The van der Waals surface area contributed by atoms with Gasteiger partial charge in [-0.15, -0.1) is 0 Å². The lowest BCUT2D eigenvalue weighted by Gasteiger charge is -2.20. The van der Waals surface area contributed by atoms with Crippen LogP contribution in [-0.4, -0.2) is 36.7 Å². The van der Waals surface area contributed by atoms with Gasteiger partial charge in [-0.3, -0.25) is 24.3 Å². The van der Waals surface area contributed by atoms with Crippen molar-refractivity contribution in [3.63, 3.8) is 0 Å². The number of aromatic nitrogens is 4. The second-order valence-corrected chi connectivity index (χ2v) is 8.26. The predicted octanol–water partition coefficient (Wildman–Crippen LogP) is 2.64. The van der Waals surface area contributed by atoms with E-state index in [-0.39, 0.29) is 23.7 Å². The molecule has 0 aliphatic heterocycles. The summed E-state index contributed by atoms with van der Waals surface area (Å²) in [7, 11) is 0. The van der Waals surface area contributed by atoms with Crippen LogP contribution in [0.4, 0.5) is 5.69 Å². The fourth-order valence-electron chi connectivity index (χ4n) is 4.22. The van der Waals surface area contributed by atoms with E-state index in [0.29, 0.717) is 36.5 Å². The first-order valence-electron chi connectivity index (χ1n) is 10.9. The number of carbonyl (C=O) groups is 1. The van der Waals surface area contributed by atoms with Crippen molar-refractivity contribution in [2.75, 3.05) is 6.54 Å². The number of nitrogens with one attached hydrogen (secondary N) is 1. The van der Waals surface area contributed by atoms with Crippen LogP contribution >= 0.6 is 0 Å². The summed E-state index contributed by atoms with van der Waals surface area (Å²) in [6.45, 7) is 1.11. The third kappa shape index (κ3) is 5.01. The van der Waals surface area contributed by atoms with Crippen LogP contribution in [-0.2, 0) is 17.9 Å². The lowest BCUT2D eigenvalue weighted by molar-refractivity contribution is -0.384. The van der Waals surface area contributed by atoms with Crippen LogP contribution in [0.2, 0.25) is 0 Å². The van der Waals surface area contributed by atoms with Crippen molar-refractivity contribution in [1.29, 1.82) is 0 Å². The third-order valence-electron chi connectivity index (χ3n) is 5.97. The first kappa shape index (κ1) is 21.7. The topological polar surface area (TPSA) is 125 Å². The third-order valence-corrected chi connectivity index (χ3v) is 5.97. The van der Waals surface area contributed by atoms with Gasteiger partial charge in [-0.2, -0.15) is 5.10 Å². The maximum atomic E-state index is 12.8. The Kier molecular flexibility index (Phi) is 6.58. The maximum absolute atomic E-state index is 12.8. The fourth-order valence-corrected chi connectivity index (χ4v) is 4.22. The SMILES string of the molecule is O=C(CC1CCCCC1)NCCn1ncc2c(=O)n(Cc3ccc([N+](=O)[O-])cc3)cnc21. The summed E-state index contributed by atoms with van der Waals surface area (Å²) < 4.78 is 3.06. The molecule has 0 radical (unpaired) electrons. The lowest BCUT2D eigenvalue weighted by Crippen LogP contribution is -2.29. The molecule has 1 saturated carbocycles. The Morgan fingerprint density at radius 2 is 1.94 bits per heavy atom. The summed E-state index contributed by atoms with van der Waals surface area (Å²) in [6, 6.07) is 6.06. The highest BCUT2D eigenvalue weighted by Crippen LogP contribution is 2.26. The van der Waals surface area contributed by atoms with Gasteiger partial charge in [0.15, 0.2) is 5.65 Å². The van der Waals surface area contributed by atoms with Crippen LogP contribution in [0.15, 0.2) is 41.6 Å². The maximum Gasteiger partial charge on any atom is 0.269 e. The highest BCUT2D eigenvalue weighted by atomic mass is 16.6. The summed E-state index contributed by atoms with van der Waals surface area (Å²) in [6.07, 6.45) is 9.47. The summed E-state index contributed by atoms with van der Waals surface area (Å²) >= 11 is 0. The second-order valence-electron chi connectivity index (χ2n) is 8.26. The smallest absolute Gasteiger partial charge is 0.269 e. The lowest BCUT2D eigenvalue weighted by atomic mass is 9.87. The second kappa shape index (κ2) is 9.71. The Hall–Kier alpha value is -3.56. The van der Waals surface area contributed by atoms with Crippen LogP contribution in [0.3, 0.4) is 0 Å². The quantitative estimate of drug-likeness (QED) is 0.426. The van der Waals surface area contributed by atoms with Gasteiger partial charge < -0.3 is 5.32 Å². The van der Waals surface area contributed by atoms with E-state index in [2.05, 4.69) is 15.4 Å². The zero-order valence-corrected chi connectivity index (χ0v) is 17.8. The summed E-state index contributed by atoms with van der Waals surface area (Å²) in [5.41, 5.74) is 0.992. The van der Waals surface area contributed by atoms with Crippen molar-refractivity contribution in [3.8, 4) is 0 Å². The molecular formula is C22H26N6O4. The minimum absolute atomic E-state index is 0.00165. The zero-order chi connectivity index (χ0) is 22.5. The molecule has 0 atom stereocenters. The molecule has 32 heavy (non-hydrogen) atoms. The number of nitro benzene ring substituents is 1. The molecule has 0 bridgehead atoms. The van der Waals surface area contributed by atoms with Crippen molar-refractivity contribution in [2.45, 2.75) is 51.6 Å². The Morgan fingerprint density at radius 1 is 1.19 bits per heavy atom. The summed E-state index contributed by atoms with van der Waals surface area (Å²) in [5, 5.41) is 18.4. The number of carbonyl (C=O) groups excluding carboxylic acids is 1. The van der Waals surface area contributed by atoms with Crippen molar-refractivity contribution in [3.05, 3.63) is 62.8 Å². The molecule has 1 amide bonds. The molecule has 168 valence electrons. The number of rotatable bonds is 8. The van der Waals surface area contributed by atoms with E-state index < -0.39 is 4.92 Å². The van der Waals surface area contributed by atoms with Gasteiger partial charge in [-0.25, -0.2) is 9.67 Å². The first-order chi connectivity index (χ1) is 15.5. The molecule has 1 fully saturated rings. The Labute approximate surface area is 184 Å². The Morgan fingerprint density at radius 3 is 2.66 bits per heavy atom. The van der Waals surface area contributed by atoms with Gasteiger partial charge in [0.25, 0.3) is 11.2 Å². The van der Waals surface area contributed by atoms with Gasteiger partial charge >= 0.3 is 0 Å². The van der Waals surface area contributed by atoms with E-state index in [4.69, 9.17) is 0 Å². The van der Waals surface area contributed by atoms with E-state index in [1.165, 1.54) is 48.5 Å². The average Bonchev–Trinajstić information content (AvgIpc) is 3.20. The van der Waals surface area contributed by atoms with Crippen molar-refractivity contribution >= 4 is 22.6 Å². The number of nitrogens with zero attached hydrogens (tertiary/aromatic N) is 5. The van der Waals surface area contributed by atoms with E-state index in [1.807, 2.05) is 0 Å². The number of hydrogen-bond donors (Lipinski definition) is 1. The average molecular weight is 438 g/mol. The molecule has 10 nitrogen and oxygen atoms in total. The molecule has 3 aromatic rings. The van der Waals surface area contributed by atoms with Gasteiger partial charge in [0, 0.05) is 25.1 Å². The van der Waals surface area contributed by atoms with Gasteiger partial charge in [0.2, 0.25) is 5.91 Å². The molecule has 1 aromatic carbocycles. The van der Waals surface area contributed by atoms with Gasteiger partial charge in [-0.05, 0) is 24.3 Å². The zero-order valence-electron chi connectivity index (χ0n) is 17.8. The molecule has 0 unspecified atom stereocenters. The van der Waals surface area contributed by atoms with Crippen LogP contribution in [0.1, 0.15) is 44.1 Å².